The summed E-state index contributed by atoms with van der Waals surface area (Å²) in [5.41, 5.74) is 0. The molecule has 4 nitrogen and oxygen atoms in total. The quantitative estimate of drug-likeness (QED) is 0.288. The predicted octanol–water partition coefficient (Wildman–Crippen LogP) is 5.58. The SMILES string of the molecule is CCOC(=O)CCCCCCCCC(=O)Oc1ccc(Cl)cc1Cl. The molecule has 0 bridgehead atoms. The molecule has 0 saturated carbocycles. The van der Waals surface area contributed by atoms with Gasteiger partial charge in [0.25, 0.3) is 0 Å². The van der Waals surface area contributed by atoms with Crippen molar-refractivity contribution in [2.24, 2.45) is 0 Å². The summed E-state index contributed by atoms with van der Waals surface area (Å²) in [5.74, 6) is -0.0762. The van der Waals surface area contributed by atoms with E-state index >= 15 is 0 Å². The number of hydrogen-bond acceptors (Lipinski definition) is 4. The number of carbonyl (C=O) groups is 2. The predicted molar refractivity (Wildman–Crippen MR) is 95.7 cm³/mol. The van der Waals surface area contributed by atoms with E-state index in [-0.39, 0.29) is 11.9 Å². The first-order valence-corrected chi connectivity index (χ1v) is 9.10. The number of benzene rings is 1. The van der Waals surface area contributed by atoms with E-state index in [4.69, 9.17) is 32.7 Å². The topological polar surface area (TPSA) is 52.6 Å². The molecule has 0 aliphatic heterocycles. The first-order chi connectivity index (χ1) is 11.5. The molecular formula is C18H24Cl2O4. The van der Waals surface area contributed by atoms with Crippen molar-refractivity contribution in [3.63, 3.8) is 0 Å². The number of esters is 2. The van der Waals surface area contributed by atoms with Crippen molar-refractivity contribution in [1.29, 1.82) is 0 Å². The first kappa shape index (κ1) is 20.8. The normalized spacial score (nSPS) is 10.5. The summed E-state index contributed by atoms with van der Waals surface area (Å²) in [6.45, 7) is 2.25. The fraction of sp³-hybridized carbons (Fsp3) is 0.556. The lowest BCUT2D eigenvalue weighted by Crippen LogP contribution is -2.07. The number of unbranched alkanes of at least 4 members (excludes halogenated alkanes) is 5. The minimum absolute atomic E-state index is 0.124. The molecule has 0 N–H and O–H groups in total. The summed E-state index contributed by atoms with van der Waals surface area (Å²) in [6, 6.07) is 4.76. The van der Waals surface area contributed by atoms with Crippen LogP contribution in [0.1, 0.15) is 58.3 Å². The van der Waals surface area contributed by atoms with Gasteiger partial charge in [-0.05, 0) is 38.0 Å². The lowest BCUT2D eigenvalue weighted by atomic mass is 10.1. The van der Waals surface area contributed by atoms with E-state index in [9.17, 15) is 9.59 Å². The number of halogens is 2. The number of ether oxygens (including phenoxy) is 2. The highest BCUT2D eigenvalue weighted by Crippen LogP contribution is 2.27. The van der Waals surface area contributed by atoms with Crippen LogP contribution in [0, 0.1) is 0 Å². The molecule has 0 atom stereocenters. The largest absolute Gasteiger partial charge is 0.466 e. The van der Waals surface area contributed by atoms with Crippen LogP contribution in [0.2, 0.25) is 10.0 Å². The lowest BCUT2D eigenvalue weighted by Gasteiger charge is -2.06. The van der Waals surface area contributed by atoms with E-state index in [1.807, 2.05) is 6.92 Å². The molecule has 1 aromatic carbocycles. The van der Waals surface area contributed by atoms with Gasteiger partial charge in [0, 0.05) is 17.9 Å². The molecule has 0 amide bonds. The van der Waals surface area contributed by atoms with Crippen LogP contribution in [0.5, 0.6) is 5.75 Å². The molecule has 0 aliphatic carbocycles. The summed E-state index contributed by atoms with van der Waals surface area (Å²) in [6.07, 6.45) is 6.55. The second kappa shape index (κ2) is 12.2. The minimum Gasteiger partial charge on any atom is -0.466 e. The summed E-state index contributed by atoms with van der Waals surface area (Å²) in [5, 5.41) is 0.834. The van der Waals surface area contributed by atoms with Crippen LogP contribution in [0.3, 0.4) is 0 Å². The zero-order valence-corrected chi connectivity index (χ0v) is 15.5. The maximum absolute atomic E-state index is 11.8. The lowest BCUT2D eigenvalue weighted by molar-refractivity contribution is -0.143. The third-order valence-corrected chi connectivity index (χ3v) is 3.97. The summed E-state index contributed by atoms with van der Waals surface area (Å²) in [4.78, 5) is 22.9. The Kier molecular flexibility index (Phi) is 10.5. The van der Waals surface area contributed by atoms with Crippen LogP contribution in [0.25, 0.3) is 0 Å². The van der Waals surface area contributed by atoms with Crippen LogP contribution in [0.15, 0.2) is 18.2 Å². The van der Waals surface area contributed by atoms with Crippen LogP contribution in [0.4, 0.5) is 0 Å². The number of rotatable bonds is 11. The smallest absolute Gasteiger partial charge is 0.311 e. The Morgan fingerprint density at radius 2 is 1.50 bits per heavy atom. The van der Waals surface area contributed by atoms with Crippen molar-refractivity contribution in [1.82, 2.24) is 0 Å². The van der Waals surface area contributed by atoms with Gasteiger partial charge >= 0.3 is 11.9 Å². The third-order valence-electron chi connectivity index (χ3n) is 3.43. The molecule has 0 spiro atoms. The van der Waals surface area contributed by atoms with E-state index < -0.39 is 0 Å². The van der Waals surface area contributed by atoms with Crippen molar-refractivity contribution in [2.75, 3.05) is 6.61 Å². The maximum Gasteiger partial charge on any atom is 0.311 e. The minimum atomic E-state index is -0.290. The van der Waals surface area contributed by atoms with Gasteiger partial charge in [0.2, 0.25) is 0 Å². The molecular weight excluding hydrogens is 351 g/mol. The standard InChI is InChI=1S/C18H24Cl2O4/c1-2-23-17(21)9-7-5-3-4-6-8-10-18(22)24-16-12-11-14(19)13-15(16)20/h11-13H,2-10H2,1H3. The fourth-order valence-corrected chi connectivity index (χ4v) is 2.66. The van der Waals surface area contributed by atoms with Gasteiger partial charge in [0.1, 0.15) is 5.75 Å². The Hall–Kier alpha value is -1.26. The fourth-order valence-electron chi connectivity index (χ4n) is 2.21. The number of carbonyl (C=O) groups excluding carboxylic acids is 2. The van der Waals surface area contributed by atoms with Gasteiger partial charge < -0.3 is 9.47 Å². The van der Waals surface area contributed by atoms with Crippen LogP contribution in [-0.2, 0) is 14.3 Å². The highest BCUT2D eigenvalue weighted by Gasteiger charge is 2.08. The molecule has 0 unspecified atom stereocenters. The van der Waals surface area contributed by atoms with Crippen LogP contribution < -0.4 is 4.74 Å². The van der Waals surface area contributed by atoms with E-state index in [1.165, 1.54) is 0 Å². The Morgan fingerprint density at radius 3 is 2.08 bits per heavy atom. The average molecular weight is 375 g/mol. The van der Waals surface area contributed by atoms with Gasteiger partial charge in [-0.2, -0.15) is 0 Å². The monoisotopic (exact) mass is 374 g/mol. The molecule has 134 valence electrons. The zero-order chi connectivity index (χ0) is 17.8. The highest BCUT2D eigenvalue weighted by molar-refractivity contribution is 6.35. The van der Waals surface area contributed by atoms with Gasteiger partial charge in [-0.1, -0.05) is 48.9 Å². The molecule has 0 heterocycles. The van der Waals surface area contributed by atoms with Gasteiger partial charge in [-0.25, -0.2) is 0 Å². The molecule has 0 radical (unpaired) electrons. The van der Waals surface area contributed by atoms with Crippen molar-refractivity contribution in [3.8, 4) is 5.75 Å². The Labute approximate surface area is 153 Å². The van der Waals surface area contributed by atoms with E-state index in [0.717, 1.165) is 38.5 Å². The maximum atomic E-state index is 11.8. The average Bonchev–Trinajstić information content (AvgIpc) is 2.53. The van der Waals surface area contributed by atoms with Crippen molar-refractivity contribution in [3.05, 3.63) is 28.2 Å². The Bertz CT molecular complexity index is 532. The molecule has 0 fully saturated rings. The molecule has 0 saturated heterocycles. The molecule has 0 aliphatic rings. The molecule has 24 heavy (non-hydrogen) atoms. The van der Waals surface area contributed by atoms with Crippen molar-refractivity contribution < 1.29 is 19.1 Å². The Morgan fingerprint density at radius 1 is 0.917 bits per heavy atom. The van der Waals surface area contributed by atoms with Crippen LogP contribution >= 0.6 is 23.2 Å². The zero-order valence-electron chi connectivity index (χ0n) is 14.0. The van der Waals surface area contributed by atoms with Gasteiger partial charge in [-0.15, -0.1) is 0 Å². The summed E-state index contributed by atoms with van der Waals surface area (Å²) in [7, 11) is 0. The summed E-state index contributed by atoms with van der Waals surface area (Å²) >= 11 is 11.7. The summed E-state index contributed by atoms with van der Waals surface area (Å²) < 4.78 is 10.1. The third kappa shape index (κ3) is 9.14. The van der Waals surface area contributed by atoms with Crippen molar-refractivity contribution >= 4 is 35.1 Å². The van der Waals surface area contributed by atoms with Crippen molar-refractivity contribution in [2.45, 2.75) is 58.3 Å². The number of hydrogen-bond donors (Lipinski definition) is 0. The van der Waals surface area contributed by atoms with Gasteiger partial charge in [0.15, 0.2) is 0 Å². The molecule has 6 heteroatoms. The van der Waals surface area contributed by atoms with Crippen LogP contribution in [-0.4, -0.2) is 18.5 Å². The van der Waals surface area contributed by atoms with E-state index in [0.29, 0.717) is 35.2 Å². The molecule has 1 rings (SSSR count). The second-order valence-corrected chi connectivity index (χ2v) is 6.32. The Balaban J connectivity index is 2.04. The van der Waals surface area contributed by atoms with Gasteiger partial charge in [-0.3, -0.25) is 9.59 Å². The molecule has 1 aromatic rings. The highest BCUT2D eigenvalue weighted by atomic mass is 35.5. The van der Waals surface area contributed by atoms with E-state index in [1.54, 1.807) is 18.2 Å². The molecule has 0 aromatic heterocycles. The van der Waals surface area contributed by atoms with Gasteiger partial charge in [0.05, 0.1) is 11.6 Å². The first-order valence-electron chi connectivity index (χ1n) is 8.34. The van der Waals surface area contributed by atoms with E-state index in [2.05, 4.69) is 0 Å². The second-order valence-electron chi connectivity index (χ2n) is 5.48.